The van der Waals surface area contributed by atoms with E-state index in [4.69, 9.17) is 9.15 Å². The Bertz CT molecular complexity index is 781. The maximum absolute atomic E-state index is 12.8. The van der Waals surface area contributed by atoms with Crippen LogP contribution in [0.4, 0.5) is 0 Å². The summed E-state index contributed by atoms with van der Waals surface area (Å²) in [5.74, 6) is 1.05. The number of para-hydroxylation sites is 1. The molecule has 0 aliphatic carbocycles. The quantitative estimate of drug-likeness (QED) is 0.874. The Labute approximate surface area is 134 Å². The lowest BCUT2D eigenvalue weighted by Gasteiger charge is -2.25. The number of aryl methyl sites for hydroxylation is 1. The van der Waals surface area contributed by atoms with Gasteiger partial charge < -0.3 is 14.1 Å². The van der Waals surface area contributed by atoms with Gasteiger partial charge in [0.1, 0.15) is 11.5 Å². The van der Waals surface area contributed by atoms with E-state index >= 15 is 0 Å². The molecule has 0 saturated carbocycles. The molecule has 1 aromatic carbocycles. The molecule has 2 heterocycles. The number of hydrogen-bond donors (Lipinski definition) is 0. The summed E-state index contributed by atoms with van der Waals surface area (Å²) < 4.78 is 10.9. The molecule has 1 aromatic heterocycles. The first-order valence-corrected chi connectivity index (χ1v) is 7.66. The Morgan fingerprint density at radius 3 is 2.83 bits per heavy atom. The molecule has 0 radical (unpaired) electrons. The minimum absolute atomic E-state index is 0.0653. The van der Waals surface area contributed by atoms with Gasteiger partial charge in [0.15, 0.2) is 11.2 Å². The van der Waals surface area contributed by atoms with Gasteiger partial charge in [-0.1, -0.05) is 18.2 Å². The van der Waals surface area contributed by atoms with Crippen LogP contribution in [0.15, 0.2) is 45.6 Å². The van der Waals surface area contributed by atoms with Crippen LogP contribution in [0.25, 0.3) is 0 Å². The van der Waals surface area contributed by atoms with Gasteiger partial charge in [-0.15, -0.1) is 0 Å². The van der Waals surface area contributed by atoms with E-state index in [2.05, 4.69) is 0 Å². The van der Waals surface area contributed by atoms with Crippen LogP contribution in [0.2, 0.25) is 0 Å². The molecule has 120 valence electrons. The zero-order valence-electron chi connectivity index (χ0n) is 13.2. The van der Waals surface area contributed by atoms with E-state index < -0.39 is 0 Å². The zero-order chi connectivity index (χ0) is 16.4. The maximum atomic E-state index is 12.8. The predicted octanol–water partition coefficient (Wildman–Crippen LogP) is 2.93. The van der Waals surface area contributed by atoms with Gasteiger partial charge in [-0.05, 0) is 25.8 Å². The third kappa shape index (κ3) is 2.99. The van der Waals surface area contributed by atoms with Crippen molar-refractivity contribution < 1.29 is 13.9 Å². The number of nitrogens with zero attached hydrogens (tertiary/aromatic N) is 1. The van der Waals surface area contributed by atoms with E-state index in [0.717, 1.165) is 24.2 Å². The number of carbonyl (C=O) groups is 1. The van der Waals surface area contributed by atoms with Crippen LogP contribution >= 0.6 is 0 Å². The second kappa shape index (κ2) is 6.28. The summed E-state index contributed by atoms with van der Waals surface area (Å²) in [6.45, 7) is 2.30. The zero-order valence-corrected chi connectivity index (χ0v) is 13.2. The molecule has 1 saturated heterocycles. The van der Waals surface area contributed by atoms with Gasteiger partial charge in [0, 0.05) is 24.2 Å². The molecule has 23 heavy (non-hydrogen) atoms. The van der Waals surface area contributed by atoms with Crippen molar-refractivity contribution in [2.75, 3.05) is 13.7 Å². The van der Waals surface area contributed by atoms with Crippen molar-refractivity contribution in [2.45, 2.75) is 25.8 Å². The van der Waals surface area contributed by atoms with Gasteiger partial charge in [-0.2, -0.15) is 0 Å². The lowest BCUT2D eigenvalue weighted by Crippen LogP contribution is -2.31. The number of methoxy groups -OCH3 is 1. The third-order valence-corrected chi connectivity index (χ3v) is 4.11. The average molecular weight is 313 g/mol. The highest BCUT2D eigenvalue weighted by Crippen LogP contribution is 2.37. The molecule has 3 rings (SSSR count). The largest absolute Gasteiger partial charge is 0.496 e. The van der Waals surface area contributed by atoms with Crippen molar-refractivity contribution >= 4 is 5.91 Å². The van der Waals surface area contributed by atoms with Crippen LogP contribution in [0, 0.1) is 6.92 Å². The highest BCUT2D eigenvalue weighted by atomic mass is 16.5. The first kappa shape index (κ1) is 15.3. The van der Waals surface area contributed by atoms with Crippen molar-refractivity contribution in [1.82, 2.24) is 4.90 Å². The van der Waals surface area contributed by atoms with Crippen LogP contribution in [0.3, 0.4) is 0 Å². The molecule has 1 amide bonds. The summed E-state index contributed by atoms with van der Waals surface area (Å²) >= 11 is 0. The van der Waals surface area contributed by atoms with E-state index in [-0.39, 0.29) is 23.1 Å². The standard InChI is InChI=1S/C18H19NO4/c1-12-10-13(20)11-17(23-12)18(21)19-9-5-7-15(19)14-6-3-4-8-16(14)22-2/h3-4,6,8,10-11,15H,5,7,9H2,1-2H3/t15-/m1/s1. The number of hydrogen-bond acceptors (Lipinski definition) is 4. The molecule has 5 heteroatoms. The minimum Gasteiger partial charge on any atom is -0.496 e. The molecule has 0 unspecified atom stereocenters. The summed E-state index contributed by atoms with van der Waals surface area (Å²) in [5.41, 5.74) is 0.765. The first-order chi connectivity index (χ1) is 11.1. The minimum atomic E-state index is -0.251. The number of ether oxygens (including phenoxy) is 1. The molecule has 1 fully saturated rings. The highest BCUT2D eigenvalue weighted by molar-refractivity contribution is 5.92. The summed E-state index contributed by atoms with van der Waals surface area (Å²) in [5, 5.41) is 0. The Balaban J connectivity index is 1.95. The molecule has 2 aromatic rings. The lowest BCUT2D eigenvalue weighted by atomic mass is 10.0. The summed E-state index contributed by atoms with van der Waals surface area (Å²) in [6, 6.07) is 10.3. The van der Waals surface area contributed by atoms with E-state index in [1.165, 1.54) is 12.1 Å². The number of rotatable bonds is 3. The maximum Gasteiger partial charge on any atom is 0.290 e. The Morgan fingerprint density at radius 1 is 1.30 bits per heavy atom. The number of carbonyl (C=O) groups excluding carboxylic acids is 1. The lowest BCUT2D eigenvalue weighted by molar-refractivity contribution is 0.0697. The van der Waals surface area contributed by atoms with Crippen molar-refractivity contribution in [1.29, 1.82) is 0 Å². The van der Waals surface area contributed by atoms with E-state index in [9.17, 15) is 9.59 Å². The normalized spacial score (nSPS) is 17.3. The smallest absolute Gasteiger partial charge is 0.290 e. The van der Waals surface area contributed by atoms with Gasteiger partial charge in [0.05, 0.1) is 13.2 Å². The van der Waals surface area contributed by atoms with Crippen LogP contribution < -0.4 is 10.2 Å². The van der Waals surface area contributed by atoms with Crippen LogP contribution in [0.1, 0.15) is 40.8 Å². The molecule has 5 nitrogen and oxygen atoms in total. The number of benzene rings is 1. The van der Waals surface area contributed by atoms with E-state index in [1.807, 2.05) is 24.3 Å². The topological polar surface area (TPSA) is 59.8 Å². The van der Waals surface area contributed by atoms with Crippen LogP contribution in [0.5, 0.6) is 5.75 Å². The summed E-state index contributed by atoms with van der Waals surface area (Å²) in [7, 11) is 1.62. The second-order valence-electron chi connectivity index (χ2n) is 5.67. The highest BCUT2D eigenvalue weighted by Gasteiger charge is 2.33. The van der Waals surface area contributed by atoms with Gasteiger partial charge in [0.2, 0.25) is 0 Å². The fourth-order valence-corrected chi connectivity index (χ4v) is 3.13. The molecule has 0 bridgehead atoms. The Kier molecular flexibility index (Phi) is 4.19. The van der Waals surface area contributed by atoms with Crippen molar-refractivity contribution in [3.63, 3.8) is 0 Å². The summed E-state index contributed by atoms with van der Waals surface area (Å²) in [4.78, 5) is 26.2. The van der Waals surface area contributed by atoms with Gasteiger partial charge in [-0.25, -0.2) is 0 Å². The van der Waals surface area contributed by atoms with E-state index in [0.29, 0.717) is 12.3 Å². The summed E-state index contributed by atoms with van der Waals surface area (Å²) in [6.07, 6.45) is 1.77. The number of likely N-dealkylation sites (tertiary alicyclic amines) is 1. The Hall–Kier alpha value is -2.56. The van der Waals surface area contributed by atoms with Crippen LogP contribution in [-0.2, 0) is 0 Å². The number of amides is 1. The average Bonchev–Trinajstić information content (AvgIpc) is 3.02. The molecule has 1 aliphatic rings. The van der Waals surface area contributed by atoms with Crippen molar-refractivity contribution in [3.05, 3.63) is 63.7 Å². The molecular weight excluding hydrogens is 294 g/mol. The predicted molar refractivity (Wildman–Crippen MR) is 85.7 cm³/mol. The third-order valence-electron chi connectivity index (χ3n) is 4.11. The van der Waals surface area contributed by atoms with Crippen molar-refractivity contribution in [2.24, 2.45) is 0 Å². The SMILES string of the molecule is COc1ccccc1[C@H]1CCCN1C(=O)c1cc(=O)cc(C)o1. The Morgan fingerprint density at radius 2 is 2.09 bits per heavy atom. The van der Waals surface area contributed by atoms with E-state index in [1.54, 1.807) is 18.9 Å². The molecule has 0 spiro atoms. The fourth-order valence-electron chi connectivity index (χ4n) is 3.13. The second-order valence-corrected chi connectivity index (χ2v) is 5.67. The van der Waals surface area contributed by atoms with Crippen molar-refractivity contribution in [3.8, 4) is 5.75 Å². The molecule has 0 N–H and O–H groups in total. The fraction of sp³-hybridized carbons (Fsp3) is 0.333. The van der Waals surface area contributed by atoms with Gasteiger partial charge >= 0.3 is 0 Å². The monoisotopic (exact) mass is 313 g/mol. The molecule has 1 atom stereocenters. The van der Waals surface area contributed by atoms with Crippen LogP contribution in [-0.4, -0.2) is 24.5 Å². The molecular formula is C18H19NO4. The molecule has 1 aliphatic heterocycles. The van der Waals surface area contributed by atoms with Gasteiger partial charge in [0.25, 0.3) is 5.91 Å². The van der Waals surface area contributed by atoms with Gasteiger partial charge in [-0.3, -0.25) is 9.59 Å². The first-order valence-electron chi connectivity index (χ1n) is 7.66.